The van der Waals surface area contributed by atoms with E-state index in [0.29, 0.717) is 6.61 Å². The van der Waals surface area contributed by atoms with Gasteiger partial charge in [-0.25, -0.2) is 0 Å². The number of benzene rings is 2. The molecule has 0 fully saturated rings. The van der Waals surface area contributed by atoms with E-state index < -0.39 is 6.10 Å². The Hall–Kier alpha value is -1.65. The minimum Gasteiger partial charge on any atom is -0.493 e. The van der Waals surface area contributed by atoms with Crippen LogP contribution >= 0.6 is 11.8 Å². The maximum atomic E-state index is 9.47. The average Bonchev–Trinajstić information content (AvgIpc) is 2.52. The SMILES string of the molecule is COc1ccccc1OCCSc1ccc(C(C)O)cc1. The molecule has 1 atom stereocenters. The third-order valence-electron chi connectivity index (χ3n) is 3.04. The van der Waals surface area contributed by atoms with Crippen LogP contribution in [0, 0.1) is 0 Å². The molecular weight excluding hydrogens is 284 g/mol. The monoisotopic (exact) mass is 304 g/mol. The Bertz CT molecular complexity index is 552. The van der Waals surface area contributed by atoms with Crippen LogP contribution < -0.4 is 9.47 Å². The zero-order chi connectivity index (χ0) is 15.1. The van der Waals surface area contributed by atoms with Gasteiger partial charge in [-0.05, 0) is 36.8 Å². The lowest BCUT2D eigenvalue weighted by atomic mass is 10.1. The van der Waals surface area contributed by atoms with E-state index in [0.717, 1.165) is 22.8 Å². The molecule has 0 aromatic heterocycles. The van der Waals surface area contributed by atoms with Crippen LogP contribution in [0.4, 0.5) is 0 Å². The number of ether oxygens (including phenoxy) is 2. The number of methoxy groups -OCH3 is 1. The van der Waals surface area contributed by atoms with Gasteiger partial charge in [0.25, 0.3) is 0 Å². The van der Waals surface area contributed by atoms with Crippen LogP contribution in [0.25, 0.3) is 0 Å². The van der Waals surface area contributed by atoms with Gasteiger partial charge >= 0.3 is 0 Å². The number of aliphatic hydroxyl groups excluding tert-OH is 1. The van der Waals surface area contributed by atoms with E-state index in [9.17, 15) is 5.11 Å². The van der Waals surface area contributed by atoms with Crippen molar-refractivity contribution in [3.05, 3.63) is 54.1 Å². The van der Waals surface area contributed by atoms with Gasteiger partial charge < -0.3 is 14.6 Å². The quantitative estimate of drug-likeness (QED) is 0.621. The molecule has 0 spiro atoms. The van der Waals surface area contributed by atoms with Crippen molar-refractivity contribution in [2.75, 3.05) is 19.5 Å². The van der Waals surface area contributed by atoms with Gasteiger partial charge in [-0.2, -0.15) is 0 Å². The van der Waals surface area contributed by atoms with Gasteiger partial charge in [0.05, 0.1) is 19.8 Å². The smallest absolute Gasteiger partial charge is 0.161 e. The second kappa shape index (κ2) is 7.96. The summed E-state index contributed by atoms with van der Waals surface area (Å²) < 4.78 is 11.0. The molecule has 0 aliphatic rings. The van der Waals surface area contributed by atoms with Crippen LogP contribution in [-0.4, -0.2) is 24.6 Å². The van der Waals surface area contributed by atoms with Crippen LogP contribution in [0.2, 0.25) is 0 Å². The standard InChI is InChI=1S/C17H20O3S/c1-13(18)14-7-9-15(10-8-14)21-12-11-20-17-6-4-3-5-16(17)19-2/h3-10,13,18H,11-12H2,1-2H3. The zero-order valence-corrected chi connectivity index (χ0v) is 13.1. The second-order valence-electron chi connectivity index (χ2n) is 4.59. The van der Waals surface area contributed by atoms with Gasteiger partial charge in [-0.3, -0.25) is 0 Å². The number of hydrogen-bond acceptors (Lipinski definition) is 4. The van der Waals surface area contributed by atoms with Gasteiger partial charge in [0.15, 0.2) is 11.5 Å². The van der Waals surface area contributed by atoms with E-state index in [1.165, 1.54) is 4.90 Å². The first-order valence-electron chi connectivity index (χ1n) is 6.87. The molecule has 2 aromatic carbocycles. The highest BCUT2D eigenvalue weighted by Gasteiger charge is 2.03. The van der Waals surface area contributed by atoms with Crippen molar-refractivity contribution in [3.63, 3.8) is 0 Å². The molecule has 2 rings (SSSR count). The molecular formula is C17H20O3S. The first-order valence-corrected chi connectivity index (χ1v) is 7.86. The topological polar surface area (TPSA) is 38.7 Å². The first-order chi connectivity index (χ1) is 10.2. The van der Waals surface area contributed by atoms with Crippen molar-refractivity contribution in [1.82, 2.24) is 0 Å². The Morgan fingerprint density at radius 3 is 2.33 bits per heavy atom. The summed E-state index contributed by atoms with van der Waals surface area (Å²) in [4.78, 5) is 1.17. The van der Waals surface area contributed by atoms with Gasteiger partial charge in [-0.15, -0.1) is 11.8 Å². The molecule has 0 aliphatic carbocycles. The lowest BCUT2D eigenvalue weighted by Gasteiger charge is -2.10. The predicted octanol–water partition coefficient (Wildman–Crippen LogP) is 3.92. The Labute approximate surface area is 129 Å². The molecule has 112 valence electrons. The van der Waals surface area contributed by atoms with Crippen molar-refractivity contribution < 1.29 is 14.6 Å². The third-order valence-corrected chi connectivity index (χ3v) is 4.02. The summed E-state index contributed by atoms with van der Waals surface area (Å²) in [6.07, 6.45) is -0.419. The maximum Gasteiger partial charge on any atom is 0.161 e. The summed E-state index contributed by atoms with van der Waals surface area (Å²) >= 11 is 1.73. The molecule has 0 saturated heterocycles. The highest BCUT2D eigenvalue weighted by Crippen LogP contribution is 2.26. The summed E-state index contributed by atoms with van der Waals surface area (Å²) in [5.74, 6) is 2.38. The fourth-order valence-corrected chi connectivity index (χ4v) is 2.62. The van der Waals surface area contributed by atoms with Crippen LogP contribution in [0.3, 0.4) is 0 Å². The van der Waals surface area contributed by atoms with Crippen molar-refractivity contribution in [3.8, 4) is 11.5 Å². The van der Waals surface area contributed by atoms with E-state index in [1.54, 1.807) is 25.8 Å². The van der Waals surface area contributed by atoms with E-state index >= 15 is 0 Å². The largest absolute Gasteiger partial charge is 0.493 e. The molecule has 21 heavy (non-hydrogen) atoms. The number of rotatable bonds is 7. The molecule has 0 aliphatic heterocycles. The van der Waals surface area contributed by atoms with E-state index in [4.69, 9.17) is 9.47 Å². The lowest BCUT2D eigenvalue weighted by molar-refractivity contribution is 0.199. The van der Waals surface area contributed by atoms with Gasteiger partial charge in [-0.1, -0.05) is 24.3 Å². The van der Waals surface area contributed by atoms with Crippen molar-refractivity contribution in [1.29, 1.82) is 0 Å². The summed E-state index contributed by atoms with van der Waals surface area (Å²) in [7, 11) is 1.64. The molecule has 3 nitrogen and oxygen atoms in total. The van der Waals surface area contributed by atoms with Crippen LogP contribution in [-0.2, 0) is 0 Å². The molecule has 4 heteroatoms. The normalized spacial score (nSPS) is 12.0. The lowest BCUT2D eigenvalue weighted by Crippen LogP contribution is -2.01. The number of thioether (sulfide) groups is 1. The Morgan fingerprint density at radius 2 is 1.71 bits per heavy atom. The number of para-hydroxylation sites is 2. The summed E-state index contributed by atoms with van der Waals surface area (Å²) in [6.45, 7) is 2.38. The average molecular weight is 304 g/mol. The van der Waals surface area contributed by atoms with E-state index in [-0.39, 0.29) is 0 Å². The van der Waals surface area contributed by atoms with Crippen molar-refractivity contribution >= 4 is 11.8 Å². The number of aliphatic hydroxyl groups is 1. The molecule has 0 amide bonds. The van der Waals surface area contributed by atoms with Crippen molar-refractivity contribution in [2.24, 2.45) is 0 Å². The van der Waals surface area contributed by atoms with Crippen LogP contribution in [0.1, 0.15) is 18.6 Å². The molecule has 0 bridgehead atoms. The van der Waals surface area contributed by atoms with Crippen LogP contribution in [0.5, 0.6) is 11.5 Å². The predicted molar refractivity (Wildman–Crippen MR) is 86.3 cm³/mol. The van der Waals surface area contributed by atoms with Crippen molar-refractivity contribution in [2.45, 2.75) is 17.9 Å². The number of hydrogen-bond donors (Lipinski definition) is 1. The maximum absolute atomic E-state index is 9.47. The fraction of sp³-hybridized carbons (Fsp3) is 0.294. The van der Waals surface area contributed by atoms with Crippen LogP contribution in [0.15, 0.2) is 53.4 Å². The second-order valence-corrected chi connectivity index (χ2v) is 5.76. The van der Waals surface area contributed by atoms with E-state index in [2.05, 4.69) is 0 Å². The third kappa shape index (κ3) is 4.69. The van der Waals surface area contributed by atoms with Gasteiger partial charge in [0.1, 0.15) is 0 Å². The molecule has 1 unspecified atom stereocenters. The summed E-state index contributed by atoms with van der Waals surface area (Å²) in [5.41, 5.74) is 0.935. The summed E-state index contributed by atoms with van der Waals surface area (Å²) in [6, 6.07) is 15.6. The highest BCUT2D eigenvalue weighted by molar-refractivity contribution is 7.99. The zero-order valence-electron chi connectivity index (χ0n) is 12.3. The molecule has 0 radical (unpaired) electrons. The fourth-order valence-electron chi connectivity index (χ4n) is 1.89. The Kier molecular flexibility index (Phi) is 5.96. The molecule has 0 heterocycles. The van der Waals surface area contributed by atoms with E-state index in [1.807, 2.05) is 48.5 Å². The molecule has 2 aromatic rings. The minimum absolute atomic E-state index is 0.419. The minimum atomic E-state index is -0.419. The highest BCUT2D eigenvalue weighted by atomic mass is 32.2. The Balaban J connectivity index is 1.79. The molecule has 0 saturated carbocycles. The Morgan fingerprint density at radius 1 is 1.05 bits per heavy atom. The van der Waals surface area contributed by atoms with Gasteiger partial charge in [0.2, 0.25) is 0 Å². The van der Waals surface area contributed by atoms with Gasteiger partial charge in [0, 0.05) is 10.6 Å². The molecule has 1 N–H and O–H groups in total. The summed E-state index contributed by atoms with van der Waals surface area (Å²) in [5, 5.41) is 9.47. The first kappa shape index (κ1) is 15.7.